The van der Waals surface area contributed by atoms with Crippen molar-refractivity contribution in [1.29, 1.82) is 0 Å². The summed E-state index contributed by atoms with van der Waals surface area (Å²) in [6.07, 6.45) is 0.455. The highest BCUT2D eigenvalue weighted by molar-refractivity contribution is 5.91. The summed E-state index contributed by atoms with van der Waals surface area (Å²) in [6, 6.07) is 14.8. The van der Waals surface area contributed by atoms with Gasteiger partial charge in [0, 0.05) is 17.7 Å². The molecule has 0 aliphatic carbocycles. The fourth-order valence-corrected chi connectivity index (χ4v) is 3.37. The van der Waals surface area contributed by atoms with Crippen molar-refractivity contribution in [3.8, 4) is 11.5 Å². The first-order valence-corrected chi connectivity index (χ1v) is 10.8. The van der Waals surface area contributed by atoms with Crippen LogP contribution in [0.15, 0.2) is 52.9 Å². The molecule has 0 aliphatic heterocycles. The summed E-state index contributed by atoms with van der Waals surface area (Å²) in [6.45, 7) is 6.03. The molecule has 9 nitrogen and oxygen atoms in total. The summed E-state index contributed by atoms with van der Waals surface area (Å²) >= 11 is 0. The van der Waals surface area contributed by atoms with E-state index in [1.165, 1.54) is 4.80 Å². The molecule has 2 heterocycles. The molecule has 9 heteroatoms. The molecular weight excluding hydrogens is 420 g/mol. The lowest BCUT2D eigenvalue weighted by Gasteiger charge is -2.07. The first-order chi connectivity index (χ1) is 15.9. The van der Waals surface area contributed by atoms with Crippen molar-refractivity contribution in [3.63, 3.8) is 0 Å². The van der Waals surface area contributed by atoms with Gasteiger partial charge in [0.1, 0.15) is 29.0 Å². The maximum absolute atomic E-state index is 12.4. The molecule has 2 N–H and O–H groups in total. The van der Waals surface area contributed by atoms with Crippen molar-refractivity contribution >= 4 is 28.5 Å². The van der Waals surface area contributed by atoms with Crippen molar-refractivity contribution in [2.24, 2.45) is 5.92 Å². The van der Waals surface area contributed by atoms with Crippen LogP contribution < -0.4 is 10.6 Å². The molecule has 2 amide bonds. The van der Waals surface area contributed by atoms with Crippen LogP contribution in [-0.2, 0) is 22.7 Å². The lowest BCUT2D eigenvalue weighted by Crippen LogP contribution is -2.28. The minimum atomic E-state index is -0.228. The molecule has 0 atom stereocenters. The second kappa shape index (κ2) is 9.64. The van der Waals surface area contributed by atoms with Crippen LogP contribution in [0.4, 0.5) is 5.69 Å². The van der Waals surface area contributed by atoms with Crippen molar-refractivity contribution < 1.29 is 14.0 Å². The molecule has 0 fully saturated rings. The van der Waals surface area contributed by atoms with Crippen LogP contribution in [0.3, 0.4) is 0 Å². The Labute approximate surface area is 191 Å². The van der Waals surface area contributed by atoms with Crippen molar-refractivity contribution in [2.45, 2.75) is 40.3 Å². The van der Waals surface area contributed by atoms with Gasteiger partial charge in [-0.15, -0.1) is 0 Å². The fraction of sp³-hybridized carbons (Fsp3) is 0.292. The standard InChI is InChI=1S/C24H26N6O3/c1-15(2)11-22(31)26-18-8-6-7-17(12-18)24-27-21(16(3)33-24)13-25-23(32)14-30-28-19-9-4-5-10-20(19)29-30/h4-10,12,15H,11,13-14H2,1-3H3,(H,25,32)(H,26,31). The van der Waals surface area contributed by atoms with E-state index in [1.807, 2.05) is 62.4 Å². The first-order valence-electron chi connectivity index (χ1n) is 10.8. The molecule has 4 aromatic rings. The van der Waals surface area contributed by atoms with Crippen LogP contribution in [0.2, 0.25) is 0 Å². The molecule has 0 spiro atoms. The maximum Gasteiger partial charge on any atom is 0.243 e. The number of hydrogen-bond acceptors (Lipinski definition) is 6. The van der Waals surface area contributed by atoms with Crippen molar-refractivity contribution in [1.82, 2.24) is 25.3 Å². The predicted molar refractivity (Wildman–Crippen MR) is 124 cm³/mol. The quantitative estimate of drug-likeness (QED) is 0.427. The molecule has 2 aromatic carbocycles. The van der Waals surface area contributed by atoms with Crippen LogP contribution in [0.25, 0.3) is 22.5 Å². The van der Waals surface area contributed by atoms with Crippen LogP contribution in [0.5, 0.6) is 0 Å². The Morgan fingerprint density at radius 3 is 2.45 bits per heavy atom. The monoisotopic (exact) mass is 446 g/mol. The highest BCUT2D eigenvalue weighted by Gasteiger charge is 2.14. The summed E-state index contributed by atoms with van der Waals surface area (Å²) in [5, 5.41) is 14.3. The Morgan fingerprint density at radius 1 is 1.03 bits per heavy atom. The van der Waals surface area contributed by atoms with Gasteiger partial charge in [0.15, 0.2) is 0 Å². The van der Waals surface area contributed by atoms with Gasteiger partial charge in [0.2, 0.25) is 17.7 Å². The van der Waals surface area contributed by atoms with E-state index < -0.39 is 0 Å². The van der Waals surface area contributed by atoms with Crippen LogP contribution in [-0.4, -0.2) is 31.8 Å². The van der Waals surface area contributed by atoms with E-state index in [0.717, 1.165) is 16.6 Å². The van der Waals surface area contributed by atoms with Gasteiger partial charge in [-0.25, -0.2) is 4.98 Å². The number of nitrogens with one attached hydrogen (secondary N) is 2. The molecule has 0 saturated carbocycles. The molecule has 0 unspecified atom stereocenters. The Balaban J connectivity index is 1.38. The second-order valence-corrected chi connectivity index (χ2v) is 8.24. The zero-order chi connectivity index (χ0) is 23.4. The van der Waals surface area contributed by atoms with E-state index in [-0.39, 0.29) is 30.8 Å². The lowest BCUT2D eigenvalue weighted by molar-refractivity contribution is -0.122. The zero-order valence-corrected chi connectivity index (χ0v) is 18.8. The van der Waals surface area contributed by atoms with Gasteiger partial charge in [-0.05, 0) is 43.2 Å². The number of amides is 2. The van der Waals surface area contributed by atoms with Crippen LogP contribution >= 0.6 is 0 Å². The number of nitrogens with zero attached hydrogens (tertiary/aromatic N) is 4. The minimum Gasteiger partial charge on any atom is -0.441 e. The van der Waals surface area contributed by atoms with Crippen LogP contribution in [0, 0.1) is 12.8 Å². The summed E-state index contributed by atoms with van der Waals surface area (Å²) in [5.41, 5.74) is 3.54. The number of anilines is 1. The molecule has 170 valence electrons. The number of fused-ring (bicyclic) bond motifs is 1. The highest BCUT2D eigenvalue weighted by Crippen LogP contribution is 2.24. The SMILES string of the molecule is Cc1oc(-c2cccc(NC(=O)CC(C)C)c2)nc1CNC(=O)Cn1nc2ccccc2n1. The average Bonchev–Trinajstić information content (AvgIpc) is 3.34. The Bertz CT molecular complexity index is 1260. The summed E-state index contributed by atoms with van der Waals surface area (Å²) in [5.74, 6) is 1.06. The van der Waals surface area contributed by atoms with Crippen molar-refractivity contribution in [2.75, 3.05) is 5.32 Å². The highest BCUT2D eigenvalue weighted by atomic mass is 16.4. The molecule has 0 bridgehead atoms. The van der Waals surface area contributed by atoms with Gasteiger partial charge in [0.25, 0.3) is 0 Å². The number of hydrogen-bond donors (Lipinski definition) is 2. The molecule has 0 saturated heterocycles. The third kappa shape index (κ3) is 5.62. The predicted octanol–water partition coefficient (Wildman–Crippen LogP) is 3.70. The maximum atomic E-state index is 12.4. The van der Waals surface area contributed by atoms with Gasteiger partial charge >= 0.3 is 0 Å². The number of carbonyl (C=O) groups is 2. The number of aryl methyl sites for hydroxylation is 1. The normalized spacial score (nSPS) is 11.2. The van der Waals surface area contributed by atoms with E-state index in [4.69, 9.17) is 4.42 Å². The first kappa shape index (κ1) is 22.2. The number of rotatable bonds is 8. The van der Waals surface area contributed by atoms with Gasteiger partial charge < -0.3 is 15.1 Å². The zero-order valence-electron chi connectivity index (χ0n) is 18.8. The van der Waals surface area contributed by atoms with E-state index in [0.29, 0.717) is 29.5 Å². The molecule has 33 heavy (non-hydrogen) atoms. The van der Waals surface area contributed by atoms with Gasteiger partial charge in [0.05, 0.1) is 6.54 Å². The number of aromatic nitrogens is 4. The Hall–Kier alpha value is -4.01. The number of carbonyl (C=O) groups excluding carboxylic acids is 2. The Morgan fingerprint density at radius 2 is 1.76 bits per heavy atom. The van der Waals surface area contributed by atoms with Gasteiger partial charge in [-0.2, -0.15) is 15.0 Å². The minimum absolute atomic E-state index is 0.0105. The van der Waals surface area contributed by atoms with Crippen LogP contribution in [0.1, 0.15) is 31.7 Å². The van der Waals surface area contributed by atoms with Gasteiger partial charge in [-0.1, -0.05) is 32.0 Å². The third-order valence-electron chi connectivity index (χ3n) is 4.95. The number of benzene rings is 2. The topological polar surface area (TPSA) is 115 Å². The molecule has 0 radical (unpaired) electrons. The lowest BCUT2D eigenvalue weighted by atomic mass is 10.1. The molecule has 0 aliphatic rings. The smallest absolute Gasteiger partial charge is 0.243 e. The molecule has 4 rings (SSSR count). The largest absolute Gasteiger partial charge is 0.441 e. The Kier molecular flexibility index (Phi) is 6.48. The second-order valence-electron chi connectivity index (χ2n) is 8.24. The third-order valence-corrected chi connectivity index (χ3v) is 4.95. The van der Waals surface area contributed by atoms with E-state index in [2.05, 4.69) is 25.8 Å². The van der Waals surface area contributed by atoms with Crippen molar-refractivity contribution in [3.05, 3.63) is 60.0 Å². The molecule has 2 aromatic heterocycles. The van der Waals surface area contributed by atoms with E-state index in [1.54, 1.807) is 6.92 Å². The summed E-state index contributed by atoms with van der Waals surface area (Å²) in [7, 11) is 0. The van der Waals surface area contributed by atoms with Gasteiger partial charge in [-0.3, -0.25) is 9.59 Å². The average molecular weight is 447 g/mol. The summed E-state index contributed by atoms with van der Waals surface area (Å²) < 4.78 is 5.81. The number of oxazole rings is 1. The van der Waals surface area contributed by atoms with E-state index >= 15 is 0 Å². The fourth-order valence-electron chi connectivity index (χ4n) is 3.37. The molecular formula is C24H26N6O3. The van der Waals surface area contributed by atoms with E-state index in [9.17, 15) is 9.59 Å². The summed E-state index contributed by atoms with van der Waals surface area (Å²) in [4.78, 5) is 30.3.